The summed E-state index contributed by atoms with van der Waals surface area (Å²) >= 11 is 1.49. The van der Waals surface area contributed by atoms with Crippen molar-refractivity contribution in [2.45, 2.75) is 26.7 Å². The van der Waals surface area contributed by atoms with Crippen molar-refractivity contribution >= 4 is 38.5 Å². The third-order valence-electron chi connectivity index (χ3n) is 3.70. The van der Waals surface area contributed by atoms with E-state index in [-0.39, 0.29) is 17.7 Å². The Morgan fingerprint density at radius 1 is 1.43 bits per heavy atom. The molecule has 0 aliphatic carbocycles. The number of piperidine rings is 1. The number of aromatic nitrogens is 1. The molecule has 2 aromatic rings. The number of anilines is 1. The van der Waals surface area contributed by atoms with E-state index in [2.05, 4.69) is 34.7 Å². The first-order chi connectivity index (χ1) is 10.0. The van der Waals surface area contributed by atoms with Crippen LogP contribution in [0.15, 0.2) is 12.1 Å². The standard InChI is InChI=1S/C15H17N3O2S/c1-8-5-9(2)13-11(6-8)21-15(17-13)18-14(20)10-3-4-12(19)16-7-10/h5-6,10H,3-4,7H2,1-2H3,(H,16,19)(H,17,18,20)/t10-/m1/s1. The van der Waals surface area contributed by atoms with Crippen molar-refractivity contribution in [3.8, 4) is 0 Å². The monoisotopic (exact) mass is 303 g/mol. The van der Waals surface area contributed by atoms with Crippen LogP contribution in [0, 0.1) is 19.8 Å². The van der Waals surface area contributed by atoms with E-state index < -0.39 is 0 Å². The van der Waals surface area contributed by atoms with Gasteiger partial charge in [0, 0.05) is 13.0 Å². The van der Waals surface area contributed by atoms with E-state index in [0.717, 1.165) is 15.8 Å². The first-order valence-electron chi connectivity index (χ1n) is 6.98. The molecule has 1 aliphatic rings. The maximum absolute atomic E-state index is 12.2. The van der Waals surface area contributed by atoms with Crippen LogP contribution >= 0.6 is 11.3 Å². The number of aryl methyl sites for hydroxylation is 2. The number of carbonyl (C=O) groups is 2. The average molecular weight is 303 g/mol. The van der Waals surface area contributed by atoms with Crippen LogP contribution in [0.4, 0.5) is 5.13 Å². The van der Waals surface area contributed by atoms with Crippen molar-refractivity contribution in [3.63, 3.8) is 0 Å². The highest BCUT2D eigenvalue weighted by molar-refractivity contribution is 7.22. The van der Waals surface area contributed by atoms with Gasteiger partial charge >= 0.3 is 0 Å². The van der Waals surface area contributed by atoms with Crippen LogP contribution in [-0.2, 0) is 9.59 Å². The lowest BCUT2D eigenvalue weighted by Gasteiger charge is -2.20. The molecule has 110 valence electrons. The summed E-state index contributed by atoms with van der Waals surface area (Å²) in [6, 6.07) is 4.17. The number of nitrogens with one attached hydrogen (secondary N) is 2. The molecule has 0 radical (unpaired) electrons. The summed E-state index contributed by atoms with van der Waals surface area (Å²) in [6.07, 6.45) is 1.01. The predicted octanol–water partition coefficient (Wildman–Crippen LogP) is 2.38. The number of hydrogen-bond acceptors (Lipinski definition) is 4. The van der Waals surface area contributed by atoms with Crippen LogP contribution in [0.3, 0.4) is 0 Å². The molecule has 1 saturated heterocycles. The topological polar surface area (TPSA) is 71.1 Å². The van der Waals surface area contributed by atoms with Gasteiger partial charge in [-0.05, 0) is 37.5 Å². The molecule has 1 fully saturated rings. The molecule has 2 N–H and O–H groups in total. The van der Waals surface area contributed by atoms with Gasteiger partial charge in [0.15, 0.2) is 5.13 Å². The molecule has 1 aromatic heterocycles. The number of nitrogens with zero attached hydrogens (tertiary/aromatic N) is 1. The molecule has 0 unspecified atom stereocenters. The molecule has 2 amide bonds. The van der Waals surface area contributed by atoms with Crippen LogP contribution in [-0.4, -0.2) is 23.3 Å². The number of amides is 2. The summed E-state index contributed by atoms with van der Waals surface area (Å²) in [4.78, 5) is 27.8. The second-order valence-corrected chi connectivity index (χ2v) is 6.51. The number of fused-ring (bicyclic) bond motifs is 1. The quantitative estimate of drug-likeness (QED) is 0.895. The van der Waals surface area contributed by atoms with Crippen LogP contribution in [0.1, 0.15) is 24.0 Å². The first-order valence-corrected chi connectivity index (χ1v) is 7.80. The smallest absolute Gasteiger partial charge is 0.231 e. The summed E-state index contributed by atoms with van der Waals surface area (Å²) in [5, 5.41) is 6.23. The van der Waals surface area contributed by atoms with Gasteiger partial charge < -0.3 is 10.6 Å². The molecule has 0 saturated carbocycles. The van der Waals surface area contributed by atoms with E-state index in [1.807, 2.05) is 6.92 Å². The van der Waals surface area contributed by atoms with Gasteiger partial charge in [-0.1, -0.05) is 17.4 Å². The first kappa shape index (κ1) is 14.0. The minimum atomic E-state index is -0.169. The lowest BCUT2D eigenvalue weighted by molar-refractivity contribution is -0.126. The molecule has 21 heavy (non-hydrogen) atoms. The van der Waals surface area contributed by atoms with Crippen molar-refractivity contribution < 1.29 is 9.59 Å². The Kier molecular flexibility index (Phi) is 3.63. The van der Waals surface area contributed by atoms with Gasteiger partial charge in [0.05, 0.1) is 16.1 Å². The fourth-order valence-corrected chi connectivity index (χ4v) is 3.63. The summed E-state index contributed by atoms with van der Waals surface area (Å²) in [5.74, 6) is -0.217. The van der Waals surface area contributed by atoms with E-state index in [0.29, 0.717) is 24.5 Å². The van der Waals surface area contributed by atoms with Crippen molar-refractivity contribution in [1.82, 2.24) is 10.3 Å². The maximum atomic E-state index is 12.2. The zero-order chi connectivity index (χ0) is 15.0. The second-order valence-electron chi connectivity index (χ2n) is 5.48. The van der Waals surface area contributed by atoms with Crippen LogP contribution < -0.4 is 10.6 Å². The molecule has 1 aromatic carbocycles. The van der Waals surface area contributed by atoms with E-state index in [1.165, 1.54) is 16.9 Å². The van der Waals surface area contributed by atoms with Crippen molar-refractivity contribution in [2.24, 2.45) is 5.92 Å². The molecule has 1 atom stereocenters. The Labute approximate surface area is 126 Å². The number of benzene rings is 1. The SMILES string of the molecule is Cc1cc(C)c2nc(NC(=O)[C@@H]3CCC(=O)NC3)sc2c1. The largest absolute Gasteiger partial charge is 0.355 e. The lowest BCUT2D eigenvalue weighted by Crippen LogP contribution is -2.40. The van der Waals surface area contributed by atoms with Gasteiger partial charge in [-0.3, -0.25) is 9.59 Å². The fourth-order valence-electron chi connectivity index (χ4n) is 2.59. The van der Waals surface area contributed by atoms with Gasteiger partial charge in [0.1, 0.15) is 0 Å². The fraction of sp³-hybridized carbons (Fsp3) is 0.400. The van der Waals surface area contributed by atoms with Crippen LogP contribution in [0.2, 0.25) is 0 Å². The summed E-state index contributed by atoms with van der Waals surface area (Å²) in [7, 11) is 0. The van der Waals surface area contributed by atoms with E-state index in [9.17, 15) is 9.59 Å². The molecule has 2 heterocycles. The number of rotatable bonds is 2. The second kappa shape index (κ2) is 5.44. The Balaban J connectivity index is 1.77. The molecule has 0 spiro atoms. The third kappa shape index (κ3) is 2.90. The third-order valence-corrected chi connectivity index (χ3v) is 4.61. The van der Waals surface area contributed by atoms with Gasteiger partial charge in [0.25, 0.3) is 0 Å². The zero-order valence-electron chi connectivity index (χ0n) is 12.0. The Bertz CT molecular complexity index is 713. The molecule has 5 nitrogen and oxygen atoms in total. The Hall–Kier alpha value is -1.95. The summed E-state index contributed by atoms with van der Waals surface area (Å²) in [5.41, 5.74) is 3.25. The van der Waals surface area contributed by atoms with Gasteiger partial charge in [-0.25, -0.2) is 4.98 Å². The van der Waals surface area contributed by atoms with Gasteiger partial charge in [0.2, 0.25) is 11.8 Å². The van der Waals surface area contributed by atoms with Crippen molar-refractivity contribution in [2.75, 3.05) is 11.9 Å². The van der Waals surface area contributed by atoms with Crippen molar-refractivity contribution in [3.05, 3.63) is 23.3 Å². The highest BCUT2D eigenvalue weighted by atomic mass is 32.1. The normalized spacial score (nSPS) is 18.6. The molecular formula is C15H17N3O2S. The highest BCUT2D eigenvalue weighted by Gasteiger charge is 2.25. The molecule has 3 rings (SSSR count). The Morgan fingerprint density at radius 3 is 2.95 bits per heavy atom. The lowest BCUT2D eigenvalue weighted by atomic mass is 9.98. The van der Waals surface area contributed by atoms with Gasteiger partial charge in [-0.15, -0.1) is 0 Å². The Morgan fingerprint density at radius 2 is 2.24 bits per heavy atom. The van der Waals surface area contributed by atoms with E-state index in [1.54, 1.807) is 0 Å². The van der Waals surface area contributed by atoms with Crippen LogP contribution in [0.5, 0.6) is 0 Å². The predicted molar refractivity (Wildman–Crippen MR) is 83.5 cm³/mol. The average Bonchev–Trinajstić information content (AvgIpc) is 2.82. The number of hydrogen-bond donors (Lipinski definition) is 2. The molecule has 1 aliphatic heterocycles. The molecule has 6 heteroatoms. The number of thiazole rings is 1. The molecular weight excluding hydrogens is 286 g/mol. The minimum absolute atomic E-state index is 0.0186. The van der Waals surface area contributed by atoms with Crippen molar-refractivity contribution in [1.29, 1.82) is 0 Å². The highest BCUT2D eigenvalue weighted by Crippen LogP contribution is 2.29. The molecule has 0 bridgehead atoms. The number of carbonyl (C=O) groups excluding carboxylic acids is 2. The maximum Gasteiger partial charge on any atom is 0.231 e. The summed E-state index contributed by atoms with van der Waals surface area (Å²) < 4.78 is 1.08. The minimum Gasteiger partial charge on any atom is -0.355 e. The van der Waals surface area contributed by atoms with E-state index >= 15 is 0 Å². The van der Waals surface area contributed by atoms with E-state index in [4.69, 9.17) is 0 Å². The van der Waals surface area contributed by atoms with Gasteiger partial charge in [-0.2, -0.15) is 0 Å². The summed E-state index contributed by atoms with van der Waals surface area (Å²) in [6.45, 7) is 4.49. The van der Waals surface area contributed by atoms with Crippen LogP contribution in [0.25, 0.3) is 10.2 Å². The zero-order valence-corrected chi connectivity index (χ0v) is 12.8.